The lowest BCUT2D eigenvalue weighted by Crippen LogP contribution is -2.82. The first kappa shape index (κ1) is 36.2. The van der Waals surface area contributed by atoms with Crippen molar-refractivity contribution in [1.82, 2.24) is 0 Å². The van der Waals surface area contributed by atoms with Crippen LogP contribution in [0.5, 0.6) is 0 Å². The number of carbonyl (C=O) groups is 2. The molecule has 47 heavy (non-hydrogen) atoms. The minimum absolute atomic E-state index is 0.0212. The lowest BCUT2D eigenvalue weighted by atomic mass is 9.44. The molecular weight excluding hydrogens is 620 g/mol. The number of carbonyl (C=O) groups excluding carboxylic acids is 2. The Morgan fingerprint density at radius 1 is 1.04 bits per heavy atom. The van der Waals surface area contributed by atoms with Crippen molar-refractivity contribution in [2.24, 2.45) is 16.7 Å². The van der Waals surface area contributed by atoms with Gasteiger partial charge in [-0.1, -0.05) is 59.7 Å². The third-order valence-electron chi connectivity index (χ3n) is 12.7. The lowest BCUT2D eigenvalue weighted by Gasteiger charge is -2.70. The molecule has 10 atom stereocenters. The Kier molecular flexibility index (Phi) is 9.73. The maximum Gasteiger partial charge on any atom is 0.338 e. The summed E-state index contributed by atoms with van der Waals surface area (Å²) in [6, 6.07) is 11.1. The molecule has 1 heterocycles. The minimum Gasteiger partial charge on any atom is -0.455 e. The van der Waals surface area contributed by atoms with Crippen LogP contribution in [0.3, 0.4) is 0 Å². The zero-order chi connectivity index (χ0) is 34.7. The number of esters is 2. The molecular formula is C36H54O10Si. The van der Waals surface area contributed by atoms with Crippen LogP contribution in [0.2, 0.25) is 18.1 Å². The molecule has 1 saturated heterocycles. The van der Waals surface area contributed by atoms with Crippen LogP contribution in [-0.2, 0) is 28.2 Å². The molecule has 1 aromatic carbocycles. The fraction of sp³-hybridized carbons (Fsp3) is 0.722. The first-order chi connectivity index (χ1) is 22.0. The minimum atomic E-state index is -2.35. The predicted molar refractivity (Wildman–Crippen MR) is 177 cm³/mol. The van der Waals surface area contributed by atoms with E-state index in [9.17, 15) is 24.9 Å². The summed E-state index contributed by atoms with van der Waals surface area (Å²) in [5.74, 6) is -2.26. The summed E-state index contributed by atoms with van der Waals surface area (Å²) in [6.07, 6.45) is -5.86. The molecule has 1 aromatic rings. The van der Waals surface area contributed by atoms with E-state index in [0.717, 1.165) is 18.1 Å². The summed E-state index contributed by atoms with van der Waals surface area (Å²) in [4.78, 5) is 27.0. The van der Waals surface area contributed by atoms with Gasteiger partial charge in [-0.05, 0) is 48.3 Å². The van der Waals surface area contributed by atoms with E-state index in [2.05, 4.69) is 20.8 Å². The van der Waals surface area contributed by atoms with Crippen molar-refractivity contribution in [1.29, 1.82) is 0 Å². The summed E-state index contributed by atoms with van der Waals surface area (Å²) in [6.45, 7) is 15.0. The molecule has 11 heteroatoms. The zero-order valence-electron chi connectivity index (χ0n) is 29.4. The van der Waals surface area contributed by atoms with Crippen LogP contribution in [0.25, 0.3) is 0 Å². The monoisotopic (exact) mass is 674 g/mol. The van der Waals surface area contributed by atoms with Gasteiger partial charge in [0.05, 0.1) is 36.4 Å². The Balaban J connectivity index is 1.85. The number of aliphatic hydroxyl groups excluding tert-OH is 2. The van der Waals surface area contributed by atoms with Crippen molar-refractivity contribution >= 4 is 20.3 Å². The highest BCUT2D eigenvalue weighted by Crippen LogP contribution is 2.66. The fourth-order valence-electron chi connectivity index (χ4n) is 9.55. The standard InChI is InChI=1S/C36H54O10Si/c1-10-47(11-2,12-3)46-25-18-26-35(20-43-26,45-22(5)37)29-31(44-32(40)23-16-14-13-15-17-23)36(41)19-24(38)21(4)27(33(36,6)7)28(42-9)30(39)34(25,29)8/h13-17,24-26,28-31,38-39,41H,10-12,18-20H2,1-9H3/t24?,25-,26+,28+,29-,30?,31-,34+,35-,36+/m0/s1. The van der Waals surface area contributed by atoms with Crippen molar-refractivity contribution < 1.29 is 48.3 Å². The average molecular weight is 675 g/mol. The third kappa shape index (κ3) is 5.27. The molecule has 0 amide bonds. The molecule has 10 nitrogen and oxygen atoms in total. The maximum atomic E-state index is 14.1. The molecule has 0 spiro atoms. The zero-order valence-corrected chi connectivity index (χ0v) is 30.4. The topological polar surface area (TPSA) is 141 Å². The molecule has 3 aliphatic carbocycles. The highest BCUT2D eigenvalue weighted by Gasteiger charge is 2.78. The Hall–Kier alpha value is -2.12. The van der Waals surface area contributed by atoms with Crippen LogP contribution >= 0.6 is 0 Å². The van der Waals surface area contributed by atoms with E-state index in [1.807, 2.05) is 20.8 Å². The van der Waals surface area contributed by atoms with E-state index in [0.29, 0.717) is 17.6 Å². The number of aliphatic hydroxyl groups is 3. The molecule has 262 valence electrons. The third-order valence-corrected chi connectivity index (χ3v) is 17.3. The number of ether oxygens (including phenoxy) is 4. The number of hydrogen-bond donors (Lipinski definition) is 3. The Labute approximate surface area is 279 Å². The molecule has 4 aliphatic rings. The molecule has 3 N–H and O–H groups in total. The quantitative estimate of drug-likeness (QED) is 0.194. The number of hydrogen-bond acceptors (Lipinski definition) is 10. The summed E-state index contributed by atoms with van der Waals surface area (Å²) in [7, 11) is -0.837. The number of rotatable bonds is 9. The first-order valence-corrected chi connectivity index (χ1v) is 19.6. The van der Waals surface area contributed by atoms with Crippen LogP contribution in [0, 0.1) is 16.7 Å². The van der Waals surface area contributed by atoms with Gasteiger partial charge in [-0.2, -0.15) is 0 Å². The highest BCUT2D eigenvalue weighted by molar-refractivity contribution is 6.73. The Morgan fingerprint density at radius 2 is 1.66 bits per heavy atom. The highest BCUT2D eigenvalue weighted by atomic mass is 28.4. The fourth-order valence-corrected chi connectivity index (χ4v) is 12.5. The second-order valence-corrected chi connectivity index (χ2v) is 19.7. The van der Waals surface area contributed by atoms with Crippen molar-refractivity contribution in [2.45, 2.75) is 134 Å². The smallest absolute Gasteiger partial charge is 0.338 e. The second-order valence-electron chi connectivity index (χ2n) is 14.9. The van der Waals surface area contributed by atoms with Gasteiger partial charge in [0.15, 0.2) is 13.9 Å². The average Bonchev–Trinajstić information content (AvgIpc) is 3.03. The summed E-state index contributed by atoms with van der Waals surface area (Å²) < 4.78 is 32.4. The van der Waals surface area contributed by atoms with Crippen LogP contribution < -0.4 is 0 Å². The van der Waals surface area contributed by atoms with Crippen molar-refractivity contribution in [2.75, 3.05) is 13.7 Å². The molecule has 1 aliphatic heterocycles. The van der Waals surface area contributed by atoms with Gasteiger partial charge in [0.25, 0.3) is 0 Å². The van der Waals surface area contributed by atoms with Crippen LogP contribution in [0.1, 0.15) is 78.6 Å². The van der Waals surface area contributed by atoms with Crippen molar-refractivity contribution in [3.05, 3.63) is 47.0 Å². The van der Waals surface area contributed by atoms with Crippen molar-refractivity contribution in [3.8, 4) is 0 Å². The maximum absolute atomic E-state index is 14.1. The van der Waals surface area contributed by atoms with Crippen LogP contribution in [-0.4, -0.2) is 97.1 Å². The first-order valence-electron chi connectivity index (χ1n) is 17.1. The number of benzene rings is 1. The van der Waals surface area contributed by atoms with Crippen molar-refractivity contribution in [3.63, 3.8) is 0 Å². The van der Waals surface area contributed by atoms with Gasteiger partial charge in [0, 0.05) is 37.7 Å². The van der Waals surface area contributed by atoms with Crippen LogP contribution in [0.4, 0.5) is 0 Å². The normalized spacial score (nSPS) is 39.4. The SMILES string of the molecule is CC[Si](CC)(CC)O[C@H]1C[C@H]2OC[C@@]2(OC(C)=O)[C@H]2[C@H](OC(=O)c3ccccc3)[C@]3(O)CC(O)C(C)=C([C@@H](OC)C(O)[C@]12C)C3(C)C. The van der Waals surface area contributed by atoms with Gasteiger partial charge in [0.1, 0.15) is 23.9 Å². The van der Waals surface area contributed by atoms with Gasteiger partial charge in [0.2, 0.25) is 0 Å². The van der Waals surface area contributed by atoms with Gasteiger partial charge in [-0.3, -0.25) is 4.79 Å². The van der Waals surface area contributed by atoms with E-state index in [4.69, 9.17) is 23.4 Å². The molecule has 3 fully saturated rings. The van der Waals surface area contributed by atoms with E-state index in [1.54, 1.807) is 37.3 Å². The van der Waals surface area contributed by atoms with E-state index >= 15 is 0 Å². The van der Waals surface area contributed by atoms with Gasteiger partial charge >= 0.3 is 11.9 Å². The molecule has 2 unspecified atom stereocenters. The number of methoxy groups -OCH3 is 1. The van der Waals surface area contributed by atoms with E-state index < -0.39 is 84.8 Å². The van der Waals surface area contributed by atoms with E-state index in [1.165, 1.54) is 14.0 Å². The van der Waals surface area contributed by atoms with Gasteiger partial charge in [-0.25, -0.2) is 4.79 Å². The largest absolute Gasteiger partial charge is 0.455 e. The Bertz CT molecular complexity index is 1370. The van der Waals surface area contributed by atoms with E-state index in [-0.39, 0.29) is 18.6 Å². The lowest BCUT2D eigenvalue weighted by molar-refractivity contribution is -0.363. The summed E-state index contributed by atoms with van der Waals surface area (Å²) >= 11 is 0. The van der Waals surface area contributed by atoms with Gasteiger partial charge < -0.3 is 38.7 Å². The Morgan fingerprint density at radius 3 is 2.17 bits per heavy atom. The summed E-state index contributed by atoms with van der Waals surface area (Å²) in [5.41, 5.74) is -4.34. The molecule has 2 saturated carbocycles. The summed E-state index contributed by atoms with van der Waals surface area (Å²) in [5, 5.41) is 37.7. The molecule has 2 bridgehead atoms. The molecule has 5 rings (SSSR count). The number of fused-ring (bicyclic) bond motifs is 5. The van der Waals surface area contributed by atoms with Gasteiger partial charge in [-0.15, -0.1) is 0 Å². The molecule has 0 aromatic heterocycles. The predicted octanol–water partition coefficient (Wildman–Crippen LogP) is 4.56. The van der Waals surface area contributed by atoms with Crippen LogP contribution in [0.15, 0.2) is 41.5 Å². The molecule has 0 radical (unpaired) electrons. The second kappa shape index (κ2) is 12.6.